The fourth-order valence-electron chi connectivity index (χ4n) is 2.30. The maximum Gasteiger partial charge on any atom is 0.354 e. The smallest absolute Gasteiger partial charge is 0.354 e. The Kier molecular flexibility index (Phi) is 7.28. The van der Waals surface area contributed by atoms with E-state index in [1.165, 1.54) is 11.3 Å². The van der Waals surface area contributed by atoms with Crippen LogP contribution in [0.2, 0.25) is 0 Å². The van der Waals surface area contributed by atoms with Crippen molar-refractivity contribution in [3.05, 3.63) is 52.2 Å². The van der Waals surface area contributed by atoms with Gasteiger partial charge in [-0.3, -0.25) is 4.79 Å². The highest BCUT2D eigenvalue weighted by atomic mass is 32.1. The largest absolute Gasteiger partial charge is 0.427 e. The Morgan fingerprint density at radius 3 is 2.60 bits per heavy atom. The quantitative estimate of drug-likeness (QED) is 0.381. The van der Waals surface area contributed by atoms with Gasteiger partial charge in [0.15, 0.2) is 5.05 Å². The van der Waals surface area contributed by atoms with E-state index in [-0.39, 0.29) is 18.3 Å². The lowest BCUT2D eigenvalue weighted by atomic mass is 9.98. The highest BCUT2D eigenvalue weighted by molar-refractivity contribution is 7.80. The zero-order valence-corrected chi connectivity index (χ0v) is 15.8. The van der Waals surface area contributed by atoms with Crippen LogP contribution in [-0.4, -0.2) is 17.0 Å². The van der Waals surface area contributed by atoms with Gasteiger partial charge >= 0.3 is 11.9 Å². The fraction of sp³-hybridized carbons (Fsp3) is 0.316. The van der Waals surface area contributed by atoms with Gasteiger partial charge < -0.3 is 9.47 Å². The molecule has 0 fully saturated rings. The maximum atomic E-state index is 12.3. The molecule has 0 aliphatic rings. The summed E-state index contributed by atoms with van der Waals surface area (Å²) in [6.45, 7) is 3.85. The van der Waals surface area contributed by atoms with Gasteiger partial charge in [-0.25, -0.2) is 4.79 Å². The summed E-state index contributed by atoms with van der Waals surface area (Å²) in [7, 11) is 0. The number of carbonyl (C=O) groups is 2. The second-order valence-electron chi connectivity index (χ2n) is 5.61. The third kappa shape index (κ3) is 5.76. The molecule has 25 heavy (non-hydrogen) atoms. The average molecular weight is 376 g/mol. The first-order valence-electron chi connectivity index (χ1n) is 8.09. The minimum absolute atomic E-state index is 0.162. The molecule has 1 heterocycles. The van der Waals surface area contributed by atoms with Gasteiger partial charge in [0.2, 0.25) is 0 Å². The van der Waals surface area contributed by atoms with Crippen LogP contribution in [0.3, 0.4) is 0 Å². The average Bonchev–Trinajstić information content (AvgIpc) is 3.05. The number of esters is 2. The van der Waals surface area contributed by atoms with E-state index < -0.39 is 5.97 Å². The van der Waals surface area contributed by atoms with Crippen molar-refractivity contribution in [1.29, 1.82) is 0 Å². The normalized spacial score (nSPS) is 11.6. The van der Waals surface area contributed by atoms with Crippen LogP contribution in [0.25, 0.3) is 0 Å². The summed E-state index contributed by atoms with van der Waals surface area (Å²) in [5.74, 6) is -0.447. The molecule has 0 amide bonds. The number of thiophene rings is 1. The molecular formula is C19H20O4S2. The highest BCUT2D eigenvalue weighted by Crippen LogP contribution is 2.29. The van der Waals surface area contributed by atoms with Crippen LogP contribution < -0.4 is 4.74 Å². The van der Waals surface area contributed by atoms with Gasteiger partial charge in [0.05, 0.1) is 6.42 Å². The molecule has 1 aromatic heterocycles. The first-order valence-corrected chi connectivity index (χ1v) is 9.38. The predicted molar refractivity (Wildman–Crippen MR) is 102 cm³/mol. The van der Waals surface area contributed by atoms with Crippen molar-refractivity contribution < 1.29 is 19.1 Å². The van der Waals surface area contributed by atoms with Gasteiger partial charge in [-0.2, -0.15) is 0 Å². The first kappa shape index (κ1) is 19.3. The number of rotatable bonds is 7. The third-order valence-corrected chi connectivity index (χ3v) is 4.72. The van der Waals surface area contributed by atoms with Crippen molar-refractivity contribution in [1.82, 2.24) is 0 Å². The molecule has 0 bridgehead atoms. The second-order valence-corrected chi connectivity index (χ2v) is 6.98. The van der Waals surface area contributed by atoms with E-state index >= 15 is 0 Å². The van der Waals surface area contributed by atoms with Crippen molar-refractivity contribution >= 4 is 40.5 Å². The van der Waals surface area contributed by atoms with Gasteiger partial charge in [-0.15, -0.1) is 11.3 Å². The lowest BCUT2D eigenvalue weighted by Crippen LogP contribution is -2.14. The van der Waals surface area contributed by atoms with Crippen molar-refractivity contribution in [2.75, 3.05) is 0 Å². The zero-order valence-electron chi connectivity index (χ0n) is 14.2. The highest BCUT2D eigenvalue weighted by Gasteiger charge is 2.22. The molecule has 0 saturated carbocycles. The molecule has 0 aliphatic heterocycles. The van der Waals surface area contributed by atoms with Crippen LogP contribution in [0.4, 0.5) is 0 Å². The van der Waals surface area contributed by atoms with Crippen LogP contribution in [-0.2, 0) is 9.53 Å². The molecule has 4 nitrogen and oxygen atoms in total. The molecule has 0 spiro atoms. The number of para-hydroxylation sites is 1. The molecule has 2 aromatic rings. The van der Waals surface area contributed by atoms with Gasteiger partial charge in [-0.05, 0) is 53.7 Å². The number of ether oxygens (including phenoxy) is 2. The van der Waals surface area contributed by atoms with Crippen LogP contribution >= 0.6 is 23.6 Å². The molecule has 0 saturated heterocycles. The lowest BCUT2D eigenvalue weighted by molar-refractivity contribution is -0.134. The van der Waals surface area contributed by atoms with Crippen molar-refractivity contribution in [3.63, 3.8) is 0 Å². The number of thiocarbonyl (C=S) groups is 1. The van der Waals surface area contributed by atoms with Crippen LogP contribution in [0.5, 0.6) is 5.75 Å². The Morgan fingerprint density at radius 1 is 1.20 bits per heavy atom. The summed E-state index contributed by atoms with van der Waals surface area (Å²) in [6.07, 6.45) is 1.57. The van der Waals surface area contributed by atoms with Gasteiger partial charge in [0.25, 0.3) is 0 Å². The Labute approximate surface area is 156 Å². The minimum Gasteiger partial charge on any atom is -0.427 e. The fourth-order valence-corrected chi connectivity index (χ4v) is 3.47. The summed E-state index contributed by atoms with van der Waals surface area (Å²) in [5, 5.41) is 2.11. The molecule has 0 radical (unpaired) electrons. The molecule has 2 rings (SSSR count). The van der Waals surface area contributed by atoms with Crippen LogP contribution in [0.1, 0.15) is 54.3 Å². The Bertz CT molecular complexity index is 737. The number of hydrogen-bond acceptors (Lipinski definition) is 6. The Hall–Kier alpha value is -2.05. The summed E-state index contributed by atoms with van der Waals surface area (Å²) in [5.41, 5.74) is 0.777. The van der Waals surface area contributed by atoms with E-state index in [1.807, 2.05) is 31.4 Å². The minimum atomic E-state index is -0.452. The summed E-state index contributed by atoms with van der Waals surface area (Å²) >= 11 is 6.33. The molecule has 132 valence electrons. The third-order valence-electron chi connectivity index (χ3n) is 3.52. The van der Waals surface area contributed by atoms with E-state index in [0.717, 1.165) is 12.0 Å². The van der Waals surface area contributed by atoms with Crippen LogP contribution in [0.15, 0.2) is 41.8 Å². The first-order chi connectivity index (χ1) is 12.0. The Morgan fingerprint density at radius 2 is 1.92 bits per heavy atom. The van der Waals surface area contributed by atoms with Crippen molar-refractivity contribution in [2.24, 2.45) is 0 Å². The Balaban J connectivity index is 1.99. The number of hydrogen-bond donors (Lipinski definition) is 0. The number of carbonyl (C=O) groups excluding carboxylic acids is 2. The summed E-state index contributed by atoms with van der Waals surface area (Å²) in [4.78, 5) is 24.9. The summed E-state index contributed by atoms with van der Waals surface area (Å²) < 4.78 is 10.5. The van der Waals surface area contributed by atoms with Crippen LogP contribution in [0, 0.1) is 0 Å². The molecule has 1 aromatic carbocycles. The van der Waals surface area contributed by atoms with E-state index in [4.69, 9.17) is 21.7 Å². The van der Waals surface area contributed by atoms with Gasteiger partial charge in [0.1, 0.15) is 10.6 Å². The van der Waals surface area contributed by atoms with Crippen molar-refractivity contribution in [3.8, 4) is 5.75 Å². The van der Waals surface area contributed by atoms with Gasteiger partial charge in [0, 0.05) is 6.42 Å². The van der Waals surface area contributed by atoms with Gasteiger partial charge in [-0.1, -0.05) is 32.0 Å². The molecule has 1 unspecified atom stereocenters. The molecule has 6 heteroatoms. The van der Waals surface area contributed by atoms with Crippen molar-refractivity contribution in [2.45, 2.75) is 39.0 Å². The SMILES string of the molecule is CCCC(=S)OC(=O)c1sccc1C(C)CC(=O)Oc1ccccc1. The van der Waals surface area contributed by atoms with E-state index in [1.54, 1.807) is 24.3 Å². The standard InChI is InChI=1S/C19H20O4S2/c1-3-7-17(24)23-19(21)18-15(10-11-25-18)13(2)12-16(20)22-14-8-5-4-6-9-14/h4-6,8-11,13H,3,7,12H2,1-2H3. The molecule has 0 N–H and O–H groups in total. The zero-order chi connectivity index (χ0) is 18.2. The summed E-state index contributed by atoms with van der Waals surface area (Å²) in [6, 6.07) is 10.8. The van der Waals surface area contributed by atoms with E-state index in [9.17, 15) is 9.59 Å². The lowest BCUT2D eigenvalue weighted by Gasteiger charge is -2.12. The second kappa shape index (κ2) is 9.44. The predicted octanol–water partition coefficient (Wildman–Crippen LogP) is 5.13. The topological polar surface area (TPSA) is 52.6 Å². The maximum absolute atomic E-state index is 12.3. The monoisotopic (exact) mass is 376 g/mol. The van der Waals surface area contributed by atoms with E-state index in [0.29, 0.717) is 22.1 Å². The molecule has 1 atom stereocenters. The van der Waals surface area contributed by atoms with E-state index in [2.05, 4.69) is 0 Å². The molecule has 0 aliphatic carbocycles. The number of benzene rings is 1. The molecular weight excluding hydrogens is 356 g/mol.